The van der Waals surface area contributed by atoms with E-state index >= 15 is 0 Å². The molecule has 1 aliphatic heterocycles. The van der Waals surface area contributed by atoms with Gasteiger partial charge in [0.2, 0.25) is 0 Å². The van der Waals surface area contributed by atoms with Crippen LogP contribution >= 0.6 is 11.3 Å². The van der Waals surface area contributed by atoms with Crippen LogP contribution in [0.1, 0.15) is 35.3 Å². The lowest BCUT2D eigenvalue weighted by Gasteiger charge is -2.25. The molecule has 0 atom stereocenters. The lowest BCUT2D eigenvalue weighted by molar-refractivity contribution is -0.136. The maximum absolute atomic E-state index is 10.9. The normalized spacial score (nSPS) is 17.0. The molecular formula is C13H20N2O3S. The molecule has 0 bridgehead atoms. The fourth-order valence-electron chi connectivity index (χ4n) is 2.15. The van der Waals surface area contributed by atoms with Crippen molar-refractivity contribution in [3.05, 3.63) is 15.6 Å². The van der Waals surface area contributed by atoms with Crippen molar-refractivity contribution in [2.75, 3.05) is 26.3 Å². The second kappa shape index (κ2) is 6.45. The van der Waals surface area contributed by atoms with Gasteiger partial charge in [-0.1, -0.05) is 13.8 Å². The summed E-state index contributed by atoms with van der Waals surface area (Å²) >= 11 is 1.54. The number of aromatic nitrogens is 1. The van der Waals surface area contributed by atoms with Crippen molar-refractivity contribution in [3.63, 3.8) is 0 Å². The van der Waals surface area contributed by atoms with Crippen LogP contribution in [-0.4, -0.2) is 47.3 Å². The smallest absolute Gasteiger partial charge is 0.308 e. The van der Waals surface area contributed by atoms with Crippen LogP contribution in [0.3, 0.4) is 0 Å². The van der Waals surface area contributed by atoms with E-state index in [0.29, 0.717) is 0 Å². The summed E-state index contributed by atoms with van der Waals surface area (Å²) in [4.78, 5) is 18.7. The molecule has 0 saturated carbocycles. The van der Waals surface area contributed by atoms with Crippen LogP contribution in [0.5, 0.6) is 0 Å². The number of nitrogens with zero attached hydrogens (tertiary/aromatic N) is 2. The fourth-order valence-corrected chi connectivity index (χ4v) is 3.40. The summed E-state index contributed by atoms with van der Waals surface area (Å²) in [6.45, 7) is 8.29. The summed E-state index contributed by atoms with van der Waals surface area (Å²) in [5, 5.41) is 9.97. The highest BCUT2D eigenvalue weighted by Crippen LogP contribution is 2.26. The first-order chi connectivity index (χ1) is 9.06. The average Bonchev–Trinajstić information content (AvgIpc) is 2.72. The Labute approximate surface area is 117 Å². The Morgan fingerprint density at radius 1 is 1.47 bits per heavy atom. The number of rotatable bonds is 5. The minimum atomic E-state index is -0.788. The van der Waals surface area contributed by atoms with Crippen molar-refractivity contribution in [3.8, 4) is 0 Å². The van der Waals surface area contributed by atoms with Crippen LogP contribution in [-0.2, 0) is 22.5 Å². The summed E-state index contributed by atoms with van der Waals surface area (Å²) in [5.74, 6) is -0.521. The second-order valence-corrected chi connectivity index (χ2v) is 6.20. The third kappa shape index (κ3) is 3.99. The van der Waals surface area contributed by atoms with Gasteiger partial charge in [0.1, 0.15) is 5.01 Å². The van der Waals surface area contributed by atoms with E-state index in [9.17, 15) is 4.79 Å². The fraction of sp³-hybridized carbons (Fsp3) is 0.692. The third-order valence-electron chi connectivity index (χ3n) is 3.09. The van der Waals surface area contributed by atoms with Gasteiger partial charge in [0.25, 0.3) is 0 Å². The lowest BCUT2D eigenvalue weighted by atomic mass is 10.1. The Balaban J connectivity index is 2.09. The number of carboxylic acid groups (broad SMARTS) is 1. The van der Waals surface area contributed by atoms with Gasteiger partial charge in [-0.2, -0.15) is 0 Å². The van der Waals surface area contributed by atoms with Gasteiger partial charge in [0.15, 0.2) is 0 Å². The molecule has 2 heterocycles. The van der Waals surface area contributed by atoms with Crippen molar-refractivity contribution < 1.29 is 14.6 Å². The molecule has 1 fully saturated rings. The zero-order valence-electron chi connectivity index (χ0n) is 11.4. The predicted octanol–water partition coefficient (Wildman–Crippen LogP) is 1.73. The molecule has 1 aromatic rings. The molecule has 0 amide bonds. The summed E-state index contributed by atoms with van der Waals surface area (Å²) in [5.41, 5.74) is 0.940. The molecule has 0 spiro atoms. The van der Waals surface area contributed by atoms with E-state index < -0.39 is 5.97 Å². The minimum absolute atomic E-state index is 0.0777. The molecule has 1 saturated heterocycles. The molecule has 0 radical (unpaired) electrons. The highest BCUT2D eigenvalue weighted by molar-refractivity contribution is 7.11. The van der Waals surface area contributed by atoms with Crippen molar-refractivity contribution in [1.82, 2.24) is 9.88 Å². The summed E-state index contributed by atoms with van der Waals surface area (Å²) in [7, 11) is 0. The zero-order valence-corrected chi connectivity index (χ0v) is 12.2. The Morgan fingerprint density at radius 3 is 2.74 bits per heavy atom. The average molecular weight is 284 g/mol. The number of ether oxygens (including phenoxy) is 1. The van der Waals surface area contributed by atoms with E-state index in [1.165, 1.54) is 11.3 Å². The number of hydrogen-bond donors (Lipinski definition) is 1. The topological polar surface area (TPSA) is 62.7 Å². The van der Waals surface area contributed by atoms with Gasteiger partial charge < -0.3 is 9.84 Å². The molecule has 1 aromatic heterocycles. The van der Waals surface area contributed by atoms with Crippen LogP contribution in [0, 0.1) is 0 Å². The third-order valence-corrected chi connectivity index (χ3v) is 4.15. The minimum Gasteiger partial charge on any atom is -0.481 e. The van der Waals surface area contributed by atoms with Crippen LogP contribution in [0.15, 0.2) is 0 Å². The van der Waals surface area contributed by atoms with Crippen molar-refractivity contribution >= 4 is 17.3 Å². The SMILES string of the molecule is CC(C)c1nc(CN2CCOCC2)sc1CC(=O)O. The Bertz CT molecular complexity index is 439. The summed E-state index contributed by atoms with van der Waals surface area (Å²) in [6, 6.07) is 0. The lowest BCUT2D eigenvalue weighted by Crippen LogP contribution is -2.35. The summed E-state index contributed by atoms with van der Waals surface area (Å²) < 4.78 is 5.32. The van der Waals surface area contributed by atoms with Gasteiger partial charge in [-0.25, -0.2) is 4.98 Å². The van der Waals surface area contributed by atoms with Gasteiger partial charge in [-0.3, -0.25) is 9.69 Å². The molecule has 0 aromatic carbocycles. The number of thiazole rings is 1. The summed E-state index contributed by atoms with van der Waals surface area (Å²) in [6.07, 6.45) is 0.0777. The number of morpholine rings is 1. The van der Waals surface area contributed by atoms with Gasteiger partial charge in [0.05, 0.1) is 31.9 Å². The largest absolute Gasteiger partial charge is 0.481 e. The molecule has 106 valence electrons. The number of carbonyl (C=O) groups is 1. The van der Waals surface area contributed by atoms with Gasteiger partial charge in [0, 0.05) is 18.0 Å². The molecular weight excluding hydrogens is 264 g/mol. The molecule has 5 nitrogen and oxygen atoms in total. The number of hydrogen-bond acceptors (Lipinski definition) is 5. The monoisotopic (exact) mass is 284 g/mol. The predicted molar refractivity (Wildman–Crippen MR) is 73.6 cm³/mol. The van der Waals surface area contributed by atoms with E-state index in [-0.39, 0.29) is 12.3 Å². The van der Waals surface area contributed by atoms with Crippen LogP contribution in [0.2, 0.25) is 0 Å². The maximum Gasteiger partial charge on any atom is 0.308 e. The van der Waals surface area contributed by atoms with Gasteiger partial charge in [-0.05, 0) is 5.92 Å². The second-order valence-electron chi connectivity index (χ2n) is 5.03. The van der Waals surface area contributed by atoms with Gasteiger partial charge in [-0.15, -0.1) is 11.3 Å². The van der Waals surface area contributed by atoms with Crippen molar-refractivity contribution in [2.24, 2.45) is 0 Å². The van der Waals surface area contributed by atoms with Crippen molar-refractivity contribution in [2.45, 2.75) is 32.7 Å². The van der Waals surface area contributed by atoms with Crippen LogP contribution in [0.25, 0.3) is 0 Å². The first-order valence-electron chi connectivity index (χ1n) is 6.56. The Kier molecular flexibility index (Phi) is 4.90. The Hall–Kier alpha value is -0.980. The molecule has 1 aliphatic rings. The highest BCUT2D eigenvalue weighted by Gasteiger charge is 2.19. The van der Waals surface area contributed by atoms with Crippen LogP contribution < -0.4 is 0 Å². The standard InChI is InChI=1S/C13H20N2O3S/c1-9(2)13-10(7-12(16)17)19-11(14-13)8-15-3-5-18-6-4-15/h9H,3-8H2,1-2H3,(H,16,17). The van der Waals surface area contributed by atoms with Gasteiger partial charge >= 0.3 is 5.97 Å². The maximum atomic E-state index is 10.9. The highest BCUT2D eigenvalue weighted by atomic mass is 32.1. The molecule has 19 heavy (non-hydrogen) atoms. The van der Waals surface area contributed by atoms with E-state index in [0.717, 1.165) is 48.4 Å². The van der Waals surface area contributed by atoms with E-state index in [1.807, 2.05) is 0 Å². The molecule has 1 N–H and O–H groups in total. The molecule has 2 rings (SSSR count). The quantitative estimate of drug-likeness (QED) is 0.892. The van der Waals surface area contributed by atoms with E-state index in [1.54, 1.807) is 0 Å². The zero-order chi connectivity index (χ0) is 13.8. The molecule has 0 unspecified atom stereocenters. The van der Waals surface area contributed by atoms with Crippen LogP contribution in [0.4, 0.5) is 0 Å². The first kappa shape index (κ1) is 14.4. The Morgan fingerprint density at radius 2 is 2.16 bits per heavy atom. The molecule has 6 heteroatoms. The van der Waals surface area contributed by atoms with Crippen molar-refractivity contribution in [1.29, 1.82) is 0 Å². The number of aliphatic carboxylic acids is 1. The molecule has 0 aliphatic carbocycles. The van der Waals surface area contributed by atoms with E-state index in [4.69, 9.17) is 9.84 Å². The number of carboxylic acids is 1. The van der Waals surface area contributed by atoms with E-state index in [2.05, 4.69) is 23.7 Å². The first-order valence-corrected chi connectivity index (χ1v) is 7.38.